The summed E-state index contributed by atoms with van der Waals surface area (Å²) in [7, 11) is 0. The van der Waals surface area contributed by atoms with Crippen LogP contribution in [0.25, 0.3) is 10.9 Å². The molecule has 0 saturated carbocycles. The molecule has 9 nitrogen and oxygen atoms in total. The Hall–Kier alpha value is -3.75. The number of benzene rings is 2. The Morgan fingerprint density at radius 1 is 1.07 bits per heavy atom. The molecule has 3 aromatic rings. The van der Waals surface area contributed by atoms with Crippen LogP contribution in [0.2, 0.25) is 0 Å². The molecule has 1 atom stereocenters. The first kappa shape index (κ1) is 21.0. The van der Waals surface area contributed by atoms with Crippen molar-refractivity contribution in [2.75, 3.05) is 6.54 Å². The number of rotatable bonds is 7. The smallest absolute Gasteiger partial charge is 0.277 e. The van der Waals surface area contributed by atoms with E-state index < -0.39 is 27.1 Å². The molecule has 1 heterocycles. The topological polar surface area (TPSA) is 120 Å². The maximum Gasteiger partial charge on any atom is 0.277 e. The van der Waals surface area contributed by atoms with Gasteiger partial charge in [-0.25, -0.2) is 0 Å². The molecule has 30 heavy (non-hydrogen) atoms. The van der Waals surface area contributed by atoms with Crippen LogP contribution in [-0.2, 0) is 6.54 Å². The largest absolute Gasteiger partial charge is 0.352 e. The maximum atomic E-state index is 12.5. The molecule has 1 aromatic heterocycles. The summed E-state index contributed by atoms with van der Waals surface area (Å²) < 4.78 is 2.21. The molecule has 0 spiro atoms. The van der Waals surface area contributed by atoms with Gasteiger partial charge in [0.1, 0.15) is 0 Å². The van der Waals surface area contributed by atoms with Crippen LogP contribution < -0.4 is 5.32 Å². The van der Waals surface area contributed by atoms with Crippen LogP contribution in [-0.4, -0.2) is 26.9 Å². The molecule has 0 aliphatic carbocycles. The highest BCUT2D eigenvalue weighted by Gasteiger charge is 2.20. The van der Waals surface area contributed by atoms with Crippen molar-refractivity contribution in [2.24, 2.45) is 5.92 Å². The van der Waals surface area contributed by atoms with Crippen molar-refractivity contribution in [3.05, 3.63) is 79.5 Å². The summed E-state index contributed by atoms with van der Waals surface area (Å²) in [5, 5.41) is 25.9. The average Bonchev–Trinajstić information content (AvgIpc) is 2.96. The maximum absolute atomic E-state index is 12.5. The normalized spacial score (nSPS) is 12.0. The molecule has 0 saturated heterocycles. The Kier molecular flexibility index (Phi) is 5.81. The van der Waals surface area contributed by atoms with Crippen molar-refractivity contribution in [3.63, 3.8) is 0 Å². The zero-order chi connectivity index (χ0) is 22.0. The van der Waals surface area contributed by atoms with Crippen LogP contribution in [0.3, 0.4) is 0 Å². The molecule has 0 fully saturated rings. The number of nitrogens with zero attached hydrogens (tertiary/aromatic N) is 3. The van der Waals surface area contributed by atoms with Gasteiger partial charge in [-0.05, 0) is 31.4 Å². The number of aryl methyl sites for hydroxylation is 1. The lowest BCUT2D eigenvalue weighted by Crippen LogP contribution is -2.30. The number of para-hydroxylation sites is 1. The summed E-state index contributed by atoms with van der Waals surface area (Å²) in [6.45, 7) is 7.12. The standard InChI is InChI=1S/C21H22N4O5/c1-13(12-23-15(3)14(2)19-6-4-5-7-20(19)23)11-22-21(26)16-8-17(24(27)28)10-18(9-16)25(29)30/h4-10,13H,11-12H2,1-3H3,(H,22,26). The van der Waals surface area contributed by atoms with E-state index in [1.165, 1.54) is 10.9 Å². The number of aromatic nitrogens is 1. The zero-order valence-corrected chi connectivity index (χ0v) is 16.9. The number of amides is 1. The quantitative estimate of drug-likeness (QED) is 0.463. The Morgan fingerprint density at radius 2 is 1.67 bits per heavy atom. The Labute approximate surface area is 172 Å². The first-order chi connectivity index (χ1) is 14.2. The van der Waals surface area contributed by atoms with E-state index in [2.05, 4.69) is 35.9 Å². The number of nitrogens with one attached hydrogen (secondary N) is 1. The average molecular weight is 410 g/mol. The van der Waals surface area contributed by atoms with Crippen molar-refractivity contribution >= 4 is 28.2 Å². The van der Waals surface area contributed by atoms with E-state index in [1.54, 1.807) is 0 Å². The fraction of sp³-hybridized carbons (Fsp3) is 0.286. The second-order valence-corrected chi connectivity index (χ2v) is 7.41. The van der Waals surface area contributed by atoms with Gasteiger partial charge in [0.25, 0.3) is 17.3 Å². The van der Waals surface area contributed by atoms with Gasteiger partial charge in [0.05, 0.1) is 21.5 Å². The van der Waals surface area contributed by atoms with Crippen LogP contribution in [0.1, 0.15) is 28.5 Å². The third-order valence-electron chi connectivity index (χ3n) is 5.24. The summed E-state index contributed by atoms with van der Waals surface area (Å²) in [6, 6.07) is 11.0. The van der Waals surface area contributed by atoms with E-state index in [4.69, 9.17) is 0 Å². The fourth-order valence-corrected chi connectivity index (χ4v) is 3.52. The molecule has 2 aromatic carbocycles. The molecule has 156 valence electrons. The Morgan fingerprint density at radius 3 is 2.27 bits per heavy atom. The highest BCUT2D eigenvalue weighted by atomic mass is 16.6. The minimum Gasteiger partial charge on any atom is -0.352 e. The first-order valence-corrected chi connectivity index (χ1v) is 9.45. The molecule has 3 rings (SSSR count). The molecule has 0 bridgehead atoms. The first-order valence-electron chi connectivity index (χ1n) is 9.45. The van der Waals surface area contributed by atoms with Crippen LogP contribution >= 0.6 is 0 Å². The van der Waals surface area contributed by atoms with Crippen molar-refractivity contribution < 1.29 is 14.6 Å². The summed E-state index contributed by atoms with van der Waals surface area (Å²) in [5.41, 5.74) is 2.40. The molecular weight excluding hydrogens is 388 g/mol. The number of non-ortho nitro benzene ring substituents is 2. The molecule has 1 amide bonds. The highest BCUT2D eigenvalue weighted by Crippen LogP contribution is 2.26. The number of carbonyl (C=O) groups is 1. The van der Waals surface area contributed by atoms with Gasteiger partial charge in [-0.1, -0.05) is 25.1 Å². The van der Waals surface area contributed by atoms with Crippen LogP contribution in [0, 0.1) is 40.0 Å². The van der Waals surface area contributed by atoms with Crippen molar-refractivity contribution in [3.8, 4) is 0 Å². The van der Waals surface area contributed by atoms with E-state index in [9.17, 15) is 25.0 Å². The predicted octanol–water partition coefficient (Wildman–Crippen LogP) is 4.14. The van der Waals surface area contributed by atoms with E-state index in [-0.39, 0.29) is 11.5 Å². The molecular formula is C21H22N4O5. The molecule has 0 aliphatic heterocycles. The van der Waals surface area contributed by atoms with Gasteiger partial charge in [-0.2, -0.15) is 0 Å². The van der Waals surface area contributed by atoms with Gasteiger partial charge >= 0.3 is 0 Å². The monoisotopic (exact) mass is 410 g/mol. The van der Waals surface area contributed by atoms with Crippen molar-refractivity contribution in [1.82, 2.24) is 9.88 Å². The lowest BCUT2D eigenvalue weighted by atomic mass is 10.1. The van der Waals surface area contributed by atoms with Gasteiger partial charge in [0.15, 0.2) is 0 Å². The second kappa shape index (κ2) is 8.32. The Balaban J connectivity index is 1.73. The number of fused-ring (bicyclic) bond motifs is 1. The molecule has 0 aliphatic rings. The highest BCUT2D eigenvalue weighted by molar-refractivity contribution is 5.95. The number of nitro groups is 2. The fourth-order valence-electron chi connectivity index (χ4n) is 3.52. The van der Waals surface area contributed by atoms with Gasteiger partial charge in [-0.3, -0.25) is 25.0 Å². The van der Waals surface area contributed by atoms with E-state index in [0.717, 1.165) is 29.4 Å². The molecule has 1 N–H and O–H groups in total. The lowest BCUT2D eigenvalue weighted by Gasteiger charge is -2.16. The van der Waals surface area contributed by atoms with Crippen LogP contribution in [0.15, 0.2) is 42.5 Å². The van der Waals surface area contributed by atoms with Crippen molar-refractivity contribution in [1.29, 1.82) is 0 Å². The van der Waals surface area contributed by atoms with Crippen LogP contribution in [0.4, 0.5) is 11.4 Å². The number of carbonyl (C=O) groups excluding carboxylic acids is 1. The predicted molar refractivity (Wildman–Crippen MR) is 113 cm³/mol. The second-order valence-electron chi connectivity index (χ2n) is 7.41. The summed E-state index contributed by atoms with van der Waals surface area (Å²) in [4.78, 5) is 33.0. The molecule has 9 heteroatoms. The molecule has 1 unspecified atom stereocenters. The summed E-state index contributed by atoms with van der Waals surface area (Å²) in [6.07, 6.45) is 0. The van der Waals surface area contributed by atoms with Gasteiger partial charge in [0, 0.05) is 41.8 Å². The Bertz CT molecular complexity index is 1120. The van der Waals surface area contributed by atoms with E-state index >= 15 is 0 Å². The van der Waals surface area contributed by atoms with E-state index in [0.29, 0.717) is 13.1 Å². The summed E-state index contributed by atoms with van der Waals surface area (Å²) >= 11 is 0. The lowest BCUT2D eigenvalue weighted by molar-refractivity contribution is -0.394. The third-order valence-corrected chi connectivity index (χ3v) is 5.24. The SMILES string of the molecule is Cc1c(C)n(CC(C)CNC(=O)c2cc([N+](=O)[O-])cc([N+](=O)[O-])c2)c2ccccc12. The summed E-state index contributed by atoms with van der Waals surface area (Å²) in [5.74, 6) is -0.518. The van der Waals surface area contributed by atoms with Gasteiger partial charge < -0.3 is 9.88 Å². The van der Waals surface area contributed by atoms with E-state index in [1.807, 2.05) is 19.1 Å². The third kappa shape index (κ3) is 4.14. The van der Waals surface area contributed by atoms with Crippen LogP contribution in [0.5, 0.6) is 0 Å². The number of hydrogen-bond acceptors (Lipinski definition) is 5. The molecule has 0 radical (unpaired) electrons. The van der Waals surface area contributed by atoms with Gasteiger partial charge in [0.2, 0.25) is 0 Å². The minimum atomic E-state index is -0.755. The number of nitro benzene ring substituents is 2. The van der Waals surface area contributed by atoms with Gasteiger partial charge in [-0.15, -0.1) is 0 Å². The minimum absolute atomic E-state index is 0.0662. The zero-order valence-electron chi connectivity index (χ0n) is 16.9. The number of hydrogen-bond donors (Lipinski definition) is 1. The van der Waals surface area contributed by atoms with Crippen molar-refractivity contribution in [2.45, 2.75) is 27.3 Å².